The molecule has 0 spiro atoms. The number of fused-ring (bicyclic) bond motifs is 1. The van der Waals surface area contributed by atoms with Gasteiger partial charge in [0.1, 0.15) is 5.82 Å². The van der Waals surface area contributed by atoms with Crippen LogP contribution in [0.15, 0.2) is 22.9 Å². The van der Waals surface area contributed by atoms with Gasteiger partial charge in [-0.05, 0) is 22.0 Å². The Morgan fingerprint density at radius 3 is 3.06 bits per heavy atom. The van der Waals surface area contributed by atoms with E-state index in [2.05, 4.69) is 31.0 Å². The zero-order chi connectivity index (χ0) is 11.7. The minimum absolute atomic E-state index is 0.464. The van der Waals surface area contributed by atoms with E-state index in [1.54, 1.807) is 12.3 Å². The van der Waals surface area contributed by atoms with E-state index in [0.29, 0.717) is 5.82 Å². The second kappa shape index (κ2) is 4.13. The van der Waals surface area contributed by atoms with Crippen LogP contribution >= 0.6 is 15.9 Å². The van der Waals surface area contributed by atoms with Gasteiger partial charge in [0.25, 0.3) is 0 Å². The number of nitrogens with zero attached hydrogens (tertiary/aromatic N) is 2. The van der Waals surface area contributed by atoms with E-state index in [-0.39, 0.29) is 0 Å². The fourth-order valence-electron chi connectivity index (χ4n) is 1.45. The highest BCUT2D eigenvalue weighted by molar-refractivity contribution is 9.10. The molecule has 0 atom stereocenters. The van der Waals surface area contributed by atoms with Crippen molar-refractivity contribution in [2.45, 2.75) is 0 Å². The molecule has 0 aliphatic rings. The quantitative estimate of drug-likeness (QED) is 0.875. The zero-order valence-electron chi connectivity index (χ0n) is 8.82. The van der Waals surface area contributed by atoms with E-state index >= 15 is 0 Å². The number of nitrogens with one attached hydrogen (secondary N) is 1. The summed E-state index contributed by atoms with van der Waals surface area (Å²) in [6, 6.07) is 1.79. The van der Waals surface area contributed by atoms with Crippen molar-refractivity contribution in [3.8, 4) is 0 Å². The third-order valence-electron chi connectivity index (χ3n) is 2.24. The minimum Gasteiger partial charge on any atom is -0.453 e. The van der Waals surface area contributed by atoms with Crippen LogP contribution in [-0.2, 0) is 11.8 Å². The molecule has 0 aliphatic carbocycles. The molecule has 0 aromatic carbocycles. The molecule has 84 valence electrons. The lowest BCUT2D eigenvalue weighted by atomic mass is 10.3. The molecule has 2 heterocycles. The monoisotopic (exact) mass is 283 g/mol. The highest BCUT2D eigenvalue weighted by Gasteiger charge is 2.07. The molecule has 2 aromatic rings. The lowest BCUT2D eigenvalue weighted by molar-refractivity contribution is 0.187. The van der Waals surface area contributed by atoms with Crippen molar-refractivity contribution in [3.05, 3.63) is 22.9 Å². The molecule has 0 radical (unpaired) electrons. The summed E-state index contributed by atoms with van der Waals surface area (Å²) in [6.07, 6.45) is 3.11. The lowest BCUT2D eigenvalue weighted by Crippen LogP contribution is -2.11. The summed E-state index contributed by atoms with van der Waals surface area (Å²) in [5.41, 5.74) is 0.988. The van der Waals surface area contributed by atoms with E-state index < -0.39 is 6.09 Å². The van der Waals surface area contributed by atoms with E-state index in [1.165, 1.54) is 7.11 Å². The van der Waals surface area contributed by atoms with Gasteiger partial charge in [0.2, 0.25) is 0 Å². The Morgan fingerprint density at radius 2 is 2.38 bits per heavy atom. The number of carbonyl (C=O) groups is 1. The second-order valence-corrected chi connectivity index (χ2v) is 4.15. The van der Waals surface area contributed by atoms with Gasteiger partial charge in [-0.25, -0.2) is 9.78 Å². The van der Waals surface area contributed by atoms with Gasteiger partial charge in [-0.1, -0.05) is 0 Å². The molecular formula is C10H10BrN3O2. The molecule has 2 aromatic heterocycles. The highest BCUT2D eigenvalue weighted by atomic mass is 79.9. The summed E-state index contributed by atoms with van der Waals surface area (Å²) in [5, 5.41) is 3.51. The predicted octanol–water partition coefficient (Wildman–Crippen LogP) is 2.51. The smallest absolute Gasteiger partial charge is 0.412 e. The van der Waals surface area contributed by atoms with E-state index in [4.69, 9.17) is 0 Å². The lowest BCUT2D eigenvalue weighted by Gasteiger charge is -2.03. The van der Waals surface area contributed by atoms with E-state index in [9.17, 15) is 4.79 Å². The summed E-state index contributed by atoms with van der Waals surface area (Å²) in [6.45, 7) is 0. The Bertz CT molecular complexity index is 550. The molecular weight excluding hydrogens is 274 g/mol. The number of hydrogen-bond donors (Lipinski definition) is 1. The number of anilines is 1. The average molecular weight is 284 g/mol. The summed E-state index contributed by atoms with van der Waals surface area (Å²) >= 11 is 3.44. The summed E-state index contributed by atoms with van der Waals surface area (Å²) in [5.74, 6) is 0.464. The Hall–Kier alpha value is -1.56. The van der Waals surface area contributed by atoms with Crippen LogP contribution in [0.4, 0.5) is 10.6 Å². The number of rotatable bonds is 1. The van der Waals surface area contributed by atoms with Crippen LogP contribution in [-0.4, -0.2) is 22.8 Å². The second-order valence-electron chi connectivity index (χ2n) is 3.29. The first-order chi connectivity index (χ1) is 7.61. The molecule has 1 N–H and O–H groups in total. The third-order valence-corrected chi connectivity index (χ3v) is 2.87. The fraction of sp³-hybridized carbons (Fsp3) is 0.200. The third kappa shape index (κ3) is 1.88. The number of aryl methyl sites for hydroxylation is 1. The molecule has 0 bridgehead atoms. The summed E-state index contributed by atoms with van der Waals surface area (Å²) in [7, 11) is 3.24. The van der Waals surface area contributed by atoms with Crippen LogP contribution in [0.2, 0.25) is 0 Å². The van der Waals surface area contributed by atoms with Crippen LogP contribution in [0.25, 0.3) is 10.9 Å². The van der Waals surface area contributed by atoms with E-state index in [0.717, 1.165) is 15.4 Å². The topological polar surface area (TPSA) is 56.1 Å². The number of halogens is 1. The molecule has 0 aliphatic heterocycles. The SMILES string of the molecule is COC(=O)Nc1cc2c(Br)cn(C)c2cn1. The molecule has 5 nitrogen and oxygen atoms in total. The van der Waals surface area contributed by atoms with Crippen molar-refractivity contribution in [1.82, 2.24) is 9.55 Å². The molecule has 2 rings (SSSR count). The standard InChI is InChI=1S/C10H10BrN3O2/c1-14-5-7(11)6-3-9(12-4-8(6)14)13-10(15)16-2/h3-5H,1-2H3,(H,12,13,15). The van der Waals surface area contributed by atoms with Crippen LogP contribution in [0.1, 0.15) is 0 Å². The van der Waals surface area contributed by atoms with Gasteiger partial charge < -0.3 is 9.30 Å². The molecule has 6 heteroatoms. The Balaban J connectivity index is 2.43. The fourth-order valence-corrected chi connectivity index (χ4v) is 2.08. The number of amides is 1. The van der Waals surface area contributed by atoms with Gasteiger partial charge in [0.15, 0.2) is 0 Å². The maximum absolute atomic E-state index is 11.0. The van der Waals surface area contributed by atoms with E-state index in [1.807, 2.05) is 17.8 Å². The molecule has 0 saturated heterocycles. The number of ether oxygens (including phenoxy) is 1. The van der Waals surface area contributed by atoms with Gasteiger partial charge in [-0.2, -0.15) is 0 Å². The molecule has 0 saturated carbocycles. The predicted molar refractivity (Wildman–Crippen MR) is 64.4 cm³/mol. The Morgan fingerprint density at radius 1 is 1.62 bits per heavy atom. The highest BCUT2D eigenvalue weighted by Crippen LogP contribution is 2.26. The number of aromatic nitrogens is 2. The van der Waals surface area contributed by atoms with Gasteiger partial charge in [-0.3, -0.25) is 5.32 Å². The first-order valence-corrected chi connectivity index (χ1v) is 5.36. The van der Waals surface area contributed by atoms with Gasteiger partial charge >= 0.3 is 6.09 Å². The average Bonchev–Trinajstić information content (AvgIpc) is 2.54. The number of hydrogen-bond acceptors (Lipinski definition) is 3. The van der Waals surface area contributed by atoms with Gasteiger partial charge in [-0.15, -0.1) is 0 Å². The molecule has 1 amide bonds. The number of pyridine rings is 1. The van der Waals surface area contributed by atoms with Crippen molar-refractivity contribution >= 4 is 38.7 Å². The van der Waals surface area contributed by atoms with Crippen LogP contribution in [0, 0.1) is 0 Å². The van der Waals surface area contributed by atoms with Crippen LogP contribution < -0.4 is 5.32 Å². The van der Waals surface area contributed by atoms with Crippen molar-refractivity contribution in [1.29, 1.82) is 0 Å². The maximum Gasteiger partial charge on any atom is 0.412 e. The minimum atomic E-state index is -0.529. The van der Waals surface area contributed by atoms with Crippen LogP contribution in [0.3, 0.4) is 0 Å². The largest absolute Gasteiger partial charge is 0.453 e. The van der Waals surface area contributed by atoms with Crippen molar-refractivity contribution in [3.63, 3.8) is 0 Å². The first kappa shape index (κ1) is 10.9. The molecule has 16 heavy (non-hydrogen) atoms. The summed E-state index contributed by atoms with van der Waals surface area (Å²) in [4.78, 5) is 15.1. The molecule has 0 fully saturated rings. The number of carbonyl (C=O) groups excluding carboxylic acids is 1. The van der Waals surface area contributed by atoms with Crippen LogP contribution in [0.5, 0.6) is 0 Å². The zero-order valence-corrected chi connectivity index (χ0v) is 10.4. The maximum atomic E-state index is 11.0. The Kier molecular flexibility index (Phi) is 2.82. The van der Waals surface area contributed by atoms with Crippen molar-refractivity contribution in [2.75, 3.05) is 12.4 Å². The van der Waals surface area contributed by atoms with Gasteiger partial charge in [0, 0.05) is 23.1 Å². The van der Waals surface area contributed by atoms with Crippen molar-refractivity contribution in [2.24, 2.45) is 7.05 Å². The molecule has 0 unspecified atom stereocenters. The Labute approximate surface area is 101 Å². The van der Waals surface area contributed by atoms with Gasteiger partial charge in [0.05, 0.1) is 18.8 Å². The van der Waals surface area contributed by atoms with Crippen molar-refractivity contribution < 1.29 is 9.53 Å². The first-order valence-electron chi connectivity index (χ1n) is 4.57. The summed E-state index contributed by atoms with van der Waals surface area (Å²) < 4.78 is 7.41. The number of methoxy groups -OCH3 is 1. The normalized spacial score (nSPS) is 10.4.